The molecule has 2 fully saturated rings. The summed E-state index contributed by atoms with van der Waals surface area (Å²) in [7, 11) is -3.86. The molecule has 0 radical (unpaired) electrons. The summed E-state index contributed by atoms with van der Waals surface area (Å²) in [5, 5.41) is 5.16. The number of piperidine rings is 1. The number of rotatable bonds is 4. The topological polar surface area (TPSA) is 127 Å². The minimum atomic E-state index is -3.86. The fraction of sp³-hybridized carbons (Fsp3) is 0.529. The van der Waals surface area contributed by atoms with Crippen LogP contribution in [0.4, 0.5) is 5.69 Å². The van der Waals surface area contributed by atoms with Crippen molar-refractivity contribution >= 4 is 39.9 Å². The fourth-order valence-corrected chi connectivity index (χ4v) is 4.27. The number of carbonyl (C=O) groups excluding carboxylic acids is 2. The van der Waals surface area contributed by atoms with Gasteiger partial charge >= 0.3 is 0 Å². The van der Waals surface area contributed by atoms with Gasteiger partial charge in [-0.3, -0.25) is 9.59 Å². The number of hydrogen-bond acceptors (Lipinski definition) is 5. The van der Waals surface area contributed by atoms with Crippen molar-refractivity contribution < 1.29 is 18.0 Å². The van der Waals surface area contributed by atoms with Gasteiger partial charge in [0, 0.05) is 37.8 Å². The molecule has 2 amide bonds. The molecule has 3 rings (SSSR count). The summed E-state index contributed by atoms with van der Waals surface area (Å²) in [5.74, 6) is -0.678. The van der Waals surface area contributed by atoms with Crippen LogP contribution in [0.2, 0.25) is 0 Å². The molecule has 0 spiro atoms. The molecule has 1 aromatic carbocycles. The second kappa shape index (κ2) is 8.55. The second-order valence-corrected chi connectivity index (χ2v) is 8.43. The lowest BCUT2D eigenvalue weighted by atomic mass is 9.98. The van der Waals surface area contributed by atoms with E-state index in [0.717, 1.165) is 19.3 Å². The van der Waals surface area contributed by atoms with Gasteiger partial charge in [0.05, 0.1) is 10.8 Å². The van der Waals surface area contributed by atoms with E-state index in [1.807, 2.05) is 4.90 Å². The van der Waals surface area contributed by atoms with Crippen LogP contribution in [0.15, 0.2) is 29.2 Å². The van der Waals surface area contributed by atoms with Gasteiger partial charge in [0.15, 0.2) is 0 Å². The number of hydrogen-bond donors (Lipinski definition) is 2. The molecule has 0 aliphatic carbocycles. The maximum absolute atomic E-state index is 12.9. The molecule has 2 unspecified atom stereocenters. The minimum absolute atomic E-state index is 0. The molecule has 2 aliphatic rings. The number of nitrogens with zero attached hydrogens (tertiary/aromatic N) is 2. The summed E-state index contributed by atoms with van der Waals surface area (Å²) < 4.78 is 23.1. The summed E-state index contributed by atoms with van der Waals surface area (Å²) in [6.07, 6.45) is 3.01. The first-order valence-corrected chi connectivity index (χ1v) is 10.3. The molecule has 150 valence electrons. The van der Waals surface area contributed by atoms with Crippen molar-refractivity contribution in [2.24, 2.45) is 16.8 Å². The molecule has 2 atom stereocenters. The number of amides is 2. The number of nitrogens with two attached hydrogens (primary N) is 2. The highest BCUT2D eigenvalue weighted by molar-refractivity contribution is 7.89. The minimum Gasteiger partial charge on any atom is -0.338 e. The third kappa shape index (κ3) is 4.60. The van der Waals surface area contributed by atoms with Crippen LogP contribution in [0.25, 0.3) is 0 Å². The number of primary sulfonamides is 1. The average Bonchev–Trinajstić information content (AvgIpc) is 3.02. The Bertz CT molecular complexity index is 817. The van der Waals surface area contributed by atoms with E-state index < -0.39 is 15.9 Å². The molecule has 2 aliphatic heterocycles. The fourth-order valence-electron chi connectivity index (χ4n) is 3.72. The quantitative estimate of drug-likeness (QED) is 0.736. The summed E-state index contributed by atoms with van der Waals surface area (Å²) in [6.45, 7) is 1.33. The zero-order valence-corrected chi connectivity index (χ0v) is 16.5. The van der Waals surface area contributed by atoms with Gasteiger partial charge in [0.1, 0.15) is 0 Å². The Kier molecular flexibility index (Phi) is 6.85. The van der Waals surface area contributed by atoms with Crippen LogP contribution in [0.3, 0.4) is 0 Å². The van der Waals surface area contributed by atoms with Crippen LogP contribution < -0.4 is 15.8 Å². The van der Waals surface area contributed by atoms with Crippen LogP contribution in [0, 0.1) is 5.92 Å². The molecule has 0 aromatic heterocycles. The monoisotopic (exact) mass is 416 g/mol. The third-order valence-electron chi connectivity index (χ3n) is 5.11. The van der Waals surface area contributed by atoms with Crippen molar-refractivity contribution in [1.29, 1.82) is 0 Å². The lowest BCUT2D eigenvalue weighted by molar-refractivity contribution is -0.139. The second-order valence-electron chi connectivity index (χ2n) is 6.86. The van der Waals surface area contributed by atoms with E-state index in [1.165, 1.54) is 23.1 Å². The lowest BCUT2D eigenvalue weighted by Gasteiger charge is -2.36. The van der Waals surface area contributed by atoms with Crippen LogP contribution in [0.1, 0.15) is 25.7 Å². The SMILES string of the molecule is Cl.NCC1CCCCN1C(=O)C1CC(=O)N(c2cccc(S(N)(=O)=O)c2)C1. The van der Waals surface area contributed by atoms with Crippen LogP contribution in [-0.4, -0.2) is 50.8 Å². The third-order valence-corrected chi connectivity index (χ3v) is 6.03. The van der Waals surface area contributed by atoms with Gasteiger partial charge < -0.3 is 15.5 Å². The number of sulfonamides is 1. The van der Waals surface area contributed by atoms with Crippen molar-refractivity contribution in [3.8, 4) is 0 Å². The van der Waals surface area contributed by atoms with Crippen molar-refractivity contribution in [2.45, 2.75) is 36.6 Å². The maximum Gasteiger partial charge on any atom is 0.238 e. The highest BCUT2D eigenvalue weighted by atomic mass is 35.5. The van der Waals surface area contributed by atoms with E-state index in [-0.39, 0.29) is 48.1 Å². The van der Waals surface area contributed by atoms with Gasteiger partial charge in [0.25, 0.3) is 0 Å². The Labute approximate surface area is 165 Å². The summed E-state index contributed by atoms with van der Waals surface area (Å²) in [4.78, 5) is 28.5. The Balaban J connectivity index is 0.00000261. The predicted molar refractivity (Wildman–Crippen MR) is 104 cm³/mol. The number of halogens is 1. The molecule has 0 bridgehead atoms. The Morgan fingerprint density at radius 1 is 1.26 bits per heavy atom. The highest BCUT2D eigenvalue weighted by Gasteiger charge is 2.39. The van der Waals surface area contributed by atoms with Gasteiger partial charge in [-0.25, -0.2) is 13.6 Å². The normalized spacial score (nSPS) is 23.3. The number of benzene rings is 1. The molecule has 8 nitrogen and oxygen atoms in total. The van der Waals surface area contributed by atoms with E-state index in [4.69, 9.17) is 10.9 Å². The predicted octanol–water partition coefficient (Wildman–Crippen LogP) is 0.449. The number of anilines is 1. The first-order valence-electron chi connectivity index (χ1n) is 8.75. The Morgan fingerprint density at radius 3 is 2.67 bits per heavy atom. The van der Waals surface area contributed by atoms with Crippen molar-refractivity contribution in [3.05, 3.63) is 24.3 Å². The van der Waals surface area contributed by atoms with E-state index in [0.29, 0.717) is 18.8 Å². The number of likely N-dealkylation sites (tertiary alicyclic amines) is 1. The molecule has 2 heterocycles. The molecule has 0 saturated carbocycles. The van der Waals surface area contributed by atoms with Gasteiger partial charge in [-0.15, -0.1) is 12.4 Å². The highest BCUT2D eigenvalue weighted by Crippen LogP contribution is 2.29. The largest absolute Gasteiger partial charge is 0.338 e. The van der Waals surface area contributed by atoms with E-state index >= 15 is 0 Å². The average molecular weight is 417 g/mol. The van der Waals surface area contributed by atoms with E-state index in [1.54, 1.807) is 6.07 Å². The Morgan fingerprint density at radius 2 is 2.00 bits per heavy atom. The molecular weight excluding hydrogens is 392 g/mol. The molecule has 1 aromatic rings. The first kappa shape index (κ1) is 21.6. The van der Waals surface area contributed by atoms with Crippen molar-refractivity contribution in [3.63, 3.8) is 0 Å². The van der Waals surface area contributed by atoms with Gasteiger partial charge in [-0.2, -0.15) is 0 Å². The van der Waals surface area contributed by atoms with Crippen molar-refractivity contribution in [2.75, 3.05) is 24.5 Å². The molecule has 27 heavy (non-hydrogen) atoms. The molecule has 4 N–H and O–H groups in total. The lowest BCUT2D eigenvalue weighted by Crippen LogP contribution is -2.50. The standard InChI is InChI=1S/C17H24N4O4S.ClH/c18-10-14-4-1-2-7-20(14)17(23)12-8-16(22)21(11-12)13-5-3-6-15(9-13)26(19,24)25;/h3,5-6,9,12,14H,1-2,4,7-8,10-11,18H2,(H2,19,24,25);1H. The summed E-state index contributed by atoms with van der Waals surface area (Å²) in [6, 6.07) is 5.95. The zero-order chi connectivity index (χ0) is 18.9. The van der Waals surface area contributed by atoms with E-state index in [2.05, 4.69) is 0 Å². The van der Waals surface area contributed by atoms with Crippen LogP contribution in [-0.2, 0) is 19.6 Å². The molecule has 10 heteroatoms. The Hall–Kier alpha value is -1.68. The van der Waals surface area contributed by atoms with E-state index in [9.17, 15) is 18.0 Å². The van der Waals surface area contributed by atoms with Crippen molar-refractivity contribution in [1.82, 2.24) is 4.90 Å². The van der Waals surface area contributed by atoms with Crippen LogP contribution in [0.5, 0.6) is 0 Å². The van der Waals surface area contributed by atoms with Gasteiger partial charge in [-0.1, -0.05) is 6.07 Å². The smallest absolute Gasteiger partial charge is 0.238 e. The summed E-state index contributed by atoms with van der Waals surface area (Å²) >= 11 is 0. The number of carbonyl (C=O) groups is 2. The zero-order valence-electron chi connectivity index (χ0n) is 14.9. The molecular formula is C17H25ClN4O4S. The first-order chi connectivity index (χ1) is 12.3. The van der Waals surface area contributed by atoms with Crippen LogP contribution >= 0.6 is 12.4 Å². The van der Waals surface area contributed by atoms with Gasteiger partial charge in [-0.05, 0) is 37.5 Å². The van der Waals surface area contributed by atoms with Gasteiger partial charge in [0.2, 0.25) is 21.8 Å². The molecule has 2 saturated heterocycles. The maximum atomic E-state index is 12.9. The summed E-state index contributed by atoms with van der Waals surface area (Å²) in [5.41, 5.74) is 6.23.